The monoisotopic (exact) mass is 412 g/mol. The SMILES string of the molecule is CC(C)(C)c1ccc(C(=O)NC(=S)Nc2ccc(OCC3CCCO3)cc2)cc1. The van der Waals surface area contributed by atoms with E-state index in [1.807, 2.05) is 48.5 Å². The largest absolute Gasteiger partial charge is 0.491 e. The number of nitrogens with one attached hydrogen (secondary N) is 2. The van der Waals surface area contributed by atoms with Crippen molar-refractivity contribution in [3.05, 3.63) is 59.7 Å². The fourth-order valence-electron chi connectivity index (χ4n) is 3.06. The molecule has 0 spiro atoms. The second kappa shape index (κ2) is 9.37. The van der Waals surface area contributed by atoms with E-state index in [4.69, 9.17) is 21.7 Å². The zero-order valence-corrected chi connectivity index (χ0v) is 18.0. The number of thiocarbonyl (C=S) groups is 1. The molecule has 1 saturated heterocycles. The lowest BCUT2D eigenvalue weighted by Gasteiger charge is -2.19. The number of rotatable bonds is 5. The fourth-order valence-corrected chi connectivity index (χ4v) is 3.27. The van der Waals surface area contributed by atoms with Crippen molar-refractivity contribution in [2.75, 3.05) is 18.5 Å². The van der Waals surface area contributed by atoms with Gasteiger partial charge in [-0.05, 0) is 72.4 Å². The maximum atomic E-state index is 12.4. The van der Waals surface area contributed by atoms with Crippen LogP contribution >= 0.6 is 12.2 Å². The molecule has 1 heterocycles. The summed E-state index contributed by atoms with van der Waals surface area (Å²) >= 11 is 5.26. The zero-order valence-electron chi connectivity index (χ0n) is 17.2. The number of benzene rings is 2. The van der Waals surface area contributed by atoms with Crippen molar-refractivity contribution in [3.8, 4) is 5.75 Å². The van der Waals surface area contributed by atoms with Gasteiger partial charge in [-0.3, -0.25) is 10.1 Å². The predicted molar refractivity (Wildman–Crippen MR) is 120 cm³/mol. The number of hydrogen-bond donors (Lipinski definition) is 2. The van der Waals surface area contributed by atoms with Gasteiger partial charge in [0.2, 0.25) is 0 Å². The van der Waals surface area contributed by atoms with Gasteiger partial charge in [0, 0.05) is 17.9 Å². The van der Waals surface area contributed by atoms with Crippen molar-refractivity contribution in [1.82, 2.24) is 5.32 Å². The van der Waals surface area contributed by atoms with Gasteiger partial charge in [-0.2, -0.15) is 0 Å². The first-order valence-electron chi connectivity index (χ1n) is 9.88. The van der Waals surface area contributed by atoms with Crippen molar-refractivity contribution in [2.24, 2.45) is 0 Å². The van der Waals surface area contributed by atoms with Crippen LogP contribution < -0.4 is 15.4 Å². The molecule has 1 unspecified atom stereocenters. The summed E-state index contributed by atoms with van der Waals surface area (Å²) in [6.45, 7) is 7.80. The number of carbonyl (C=O) groups is 1. The first-order valence-corrected chi connectivity index (χ1v) is 10.3. The molecule has 1 aliphatic heterocycles. The minimum Gasteiger partial charge on any atom is -0.491 e. The molecule has 0 bridgehead atoms. The Morgan fingerprint density at radius 2 is 1.83 bits per heavy atom. The molecule has 3 rings (SSSR count). The third-order valence-corrected chi connectivity index (χ3v) is 5.02. The molecule has 5 nitrogen and oxygen atoms in total. The summed E-state index contributed by atoms with van der Waals surface area (Å²) in [7, 11) is 0. The van der Waals surface area contributed by atoms with E-state index < -0.39 is 0 Å². The average Bonchev–Trinajstić information content (AvgIpc) is 3.20. The summed E-state index contributed by atoms with van der Waals surface area (Å²) in [5.74, 6) is 0.541. The standard InChI is InChI=1S/C23H28N2O3S/c1-23(2,3)17-8-6-16(7-9-17)21(26)25-22(29)24-18-10-12-19(13-11-18)28-15-20-5-4-14-27-20/h6-13,20H,4-5,14-15H2,1-3H3,(H2,24,25,26,29). The van der Waals surface area contributed by atoms with Gasteiger partial charge in [-0.15, -0.1) is 0 Å². The van der Waals surface area contributed by atoms with E-state index in [1.165, 1.54) is 5.56 Å². The van der Waals surface area contributed by atoms with Gasteiger partial charge in [0.1, 0.15) is 12.4 Å². The minimum absolute atomic E-state index is 0.0475. The van der Waals surface area contributed by atoms with E-state index in [0.29, 0.717) is 12.2 Å². The molecule has 2 N–H and O–H groups in total. The summed E-state index contributed by atoms with van der Waals surface area (Å²) in [6.07, 6.45) is 2.33. The van der Waals surface area contributed by atoms with Gasteiger partial charge in [0.15, 0.2) is 5.11 Å². The summed E-state index contributed by atoms with van der Waals surface area (Å²) in [5.41, 5.74) is 2.57. The molecular formula is C23H28N2O3S. The van der Waals surface area contributed by atoms with Crippen molar-refractivity contribution < 1.29 is 14.3 Å². The van der Waals surface area contributed by atoms with Crippen LogP contribution in [0, 0.1) is 0 Å². The number of ether oxygens (including phenoxy) is 2. The Morgan fingerprint density at radius 3 is 2.41 bits per heavy atom. The molecule has 6 heteroatoms. The minimum atomic E-state index is -0.237. The third kappa shape index (κ3) is 6.27. The molecule has 2 aromatic rings. The van der Waals surface area contributed by atoms with Gasteiger partial charge in [0.25, 0.3) is 5.91 Å². The second-order valence-corrected chi connectivity index (χ2v) is 8.61. The van der Waals surface area contributed by atoms with Crippen molar-refractivity contribution in [2.45, 2.75) is 45.1 Å². The van der Waals surface area contributed by atoms with Crippen LogP contribution in [-0.4, -0.2) is 30.3 Å². The van der Waals surface area contributed by atoms with Crippen LogP contribution in [0.2, 0.25) is 0 Å². The first-order chi connectivity index (χ1) is 13.8. The highest BCUT2D eigenvalue weighted by atomic mass is 32.1. The lowest BCUT2D eigenvalue weighted by Crippen LogP contribution is -2.34. The molecule has 1 fully saturated rings. The quantitative estimate of drug-likeness (QED) is 0.699. The highest BCUT2D eigenvalue weighted by Crippen LogP contribution is 2.22. The van der Waals surface area contributed by atoms with E-state index in [0.717, 1.165) is 30.9 Å². The van der Waals surface area contributed by atoms with Crippen molar-refractivity contribution >= 4 is 28.9 Å². The smallest absolute Gasteiger partial charge is 0.257 e. The van der Waals surface area contributed by atoms with Crippen LogP contribution in [0.1, 0.15) is 49.5 Å². The molecule has 0 aromatic heterocycles. The lowest BCUT2D eigenvalue weighted by atomic mass is 9.87. The molecule has 29 heavy (non-hydrogen) atoms. The Hall–Kier alpha value is -2.44. The molecular weight excluding hydrogens is 384 g/mol. The Morgan fingerprint density at radius 1 is 1.14 bits per heavy atom. The van der Waals surface area contributed by atoms with E-state index in [9.17, 15) is 4.79 Å². The molecule has 1 amide bonds. The van der Waals surface area contributed by atoms with Crippen molar-refractivity contribution in [1.29, 1.82) is 0 Å². The third-order valence-electron chi connectivity index (χ3n) is 4.81. The highest BCUT2D eigenvalue weighted by Gasteiger charge is 2.16. The number of carbonyl (C=O) groups excluding carboxylic acids is 1. The first kappa shape index (κ1) is 21.3. The molecule has 1 aliphatic rings. The predicted octanol–water partition coefficient (Wildman–Crippen LogP) is 4.67. The van der Waals surface area contributed by atoms with Gasteiger partial charge in [-0.25, -0.2) is 0 Å². The van der Waals surface area contributed by atoms with Crippen LogP contribution in [0.3, 0.4) is 0 Å². The summed E-state index contributed by atoms with van der Waals surface area (Å²) in [5, 5.41) is 5.99. The molecule has 0 saturated carbocycles. The topological polar surface area (TPSA) is 59.6 Å². The van der Waals surface area contributed by atoms with Crippen LogP contribution in [0.15, 0.2) is 48.5 Å². The van der Waals surface area contributed by atoms with Crippen LogP contribution in [0.5, 0.6) is 5.75 Å². The zero-order chi connectivity index (χ0) is 20.9. The average molecular weight is 413 g/mol. The maximum Gasteiger partial charge on any atom is 0.257 e. The Labute approximate surface area is 177 Å². The van der Waals surface area contributed by atoms with Crippen LogP contribution in [-0.2, 0) is 10.2 Å². The Kier molecular flexibility index (Phi) is 6.87. The number of hydrogen-bond acceptors (Lipinski definition) is 4. The number of anilines is 1. The molecule has 0 radical (unpaired) electrons. The normalized spacial score (nSPS) is 16.3. The molecule has 1 atom stereocenters. The summed E-state index contributed by atoms with van der Waals surface area (Å²) in [6, 6.07) is 15.0. The van der Waals surface area contributed by atoms with E-state index in [-0.39, 0.29) is 22.5 Å². The van der Waals surface area contributed by atoms with Gasteiger partial charge in [-0.1, -0.05) is 32.9 Å². The van der Waals surface area contributed by atoms with E-state index in [1.54, 1.807) is 0 Å². The molecule has 2 aromatic carbocycles. The number of amides is 1. The molecule has 154 valence electrons. The highest BCUT2D eigenvalue weighted by molar-refractivity contribution is 7.80. The maximum absolute atomic E-state index is 12.4. The summed E-state index contributed by atoms with van der Waals surface area (Å²) in [4.78, 5) is 12.4. The Bertz CT molecular complexity index is 836. The van der Waals surface area contributed by atoms with Crippen LogP contribution in [0.25, 0.3) is 0 Å². The van der Waals surface area contributed by atoms with Crippen LogP contribution in [0.4, 0.5) is 5.69 Å². The van der Waals surface area contributed by atoms with Gasteiger partial charge >= 0.3 is 0 Å². The Balaban J connectivity index is 1.48. The van der Waals surface area contributed by atoms with Gasteiger partial charge < -0.3 is 14.8 Å². The van der Waals surface area contributed by atoms with E-state index >= 15 is 0 Å². The second-order valence-electron chi connectivity index (χ2n) is 8.21. The fraction of sp³-hybridized carbons (Fsp3) is 0.391. The van der Waals surface area contributed by atoms with Crippen molar-refractivity contribution in [3.63, 3.8) is 0 Å². The molecule has 0 aliphatic carbocycles. The van der Waals surface area contributed by atoms with E-state index in [2.05, 4.69) is 31.4 Å². The van der Waals surface area contributed by atoms with Gasteiger partial charge in [0.05, 0.1) is 6.10 Å². The lowest BCUT2D eigenvalue weighted by molar-refractivity contribution is 0.0679. The summed E-state index contributed by atoms with van der Waals surface area (Å²) < 4.78 is 11.3.